The highest BCUT2D eigenvalue weighted by atomic mass is 16.7. The average molecular weight is 632 g/mol. The first-order chi connectivity index (χ1) is 21.3. The molecule has 2 bridgehead atoms. The van der Waals surface area contributed by atoms with E-state index in [-0.39, 0.29) is 53.5 Å². The van der Waals surface area contributed by atoms with E-state index in [1.54, 1.807) is 31.2 Å². The second-order valence-electron chi connectivity index (χ2n) is 14.0. The van der Waals surface area contributed by atoms with Crippen molar-refractivity contribution in [2.24, 2.45) is 29.1 Å². The van der Waals surface area contributed by atoms with Crippen molar-refractivity contribution in [1.82, 2.24) is 15.7 Å². The summed E-state index contributed by atoms with van der Waals surface area (Å²) in [5.74, 6) is -1.13. The van der Waals surface area contributed by atoms with Gasteiger partial charge in [0.15, 0.2) is 0 Å². The molecule has 0 radical (unpaired) electrons. The molecule has 10 atom stereocenters. The van der Waals surface area contributed by atoms with Crippen molar-refractivity contribution in [3.8, 4) is 0 Å². The fourth-order valence-electron chi connectivity index (χ4n) is 8.42. The highest BCUT2D eigenvalue weighted by Gasteiger charge is 2.57. The smallest absolute Gasteiger partial charge is 0.335 e. The molecule has 11 nitrogen and oxygen atoms in total. The number of nitrogens with zero attached hydrogens (tertiary/aromatic N) is 1. The summed E-state index contributed by atoms with van der Waals surface area (Å²) >= 11 is 0. The lowest BCUT2D eigenvalue weighted by atomic mass is 9.45. The standard InChI is InChI=1S/C34H53N3O8/c1-8-9-24(20-12-21(31(40)35-6)14-22(13-20)33(42)43)27(44-7)10-11-37-30(29(19(3)39)28(17-38)45-37)32(41)36-26-16-23-15-25(18(26)2)34(23,4)5/h12-14,18-19,23-30,38-39H,8-11,15-17H2,1-7H3,(H,35,40)(H,36,41)(H,42,43)/t18-,19-,23+,24?,25+,26-,27?,28-,29+,30-/m0/s1. The number of rotatable bonds is 14. The van der Waals surface area contributed by atoms with Gasteiger partial charge in [0.1, 0.15) is 12.1 Å². The molecular formula is C34H53N3O8. The molecule has 4 fully saturated rings. The van der Waals surface area contributed by atoms with E-state index >= 15 is 0 Å². The first-order valence-electron chi connectivity index (χ1n) is 16.4. The Morgan fingerprint density at radius 3 is 2.38 bits per heavy atom. The second kappa shape index (κ2) is 14.5. The van der Waals surface area contributed by atoms with Gasteiger partial charge in [0.05, 0.1) is 24.4 Å². The van der Waals surface area contributed by atoms with Gasteiger partial charge in [-0.15, -0.1) is 0 Å². The molecule has 2 unspecified atom stereocenters. The molecule has 252 valence electrons. The summed E-state index contributed by atoms with van der Waals surface area (Å²) in [5.41, 5.74) is 1.24. The number of hydroxylamine groups is 2. The molecule has 5 rings (SSSR count). The van der Waals surface area contributed by atoms with Crippen molar-refractivity contribution in [3.63, 3.8) is 0 Å². The number of carbonyl (C=O) groups excluding carboxylic acids is 2. The molecule has 1 aliphatic heterocycles. The molecule has 2 amide bonds. The molecule has 11 heteroatoms. The zero-order chi connectivity index (χ0) is 33.2. The van der Waals surface area contributed by atoms with E-state index < -0.39 is 36.2 Å². The minimum Gasteiger partial charge on any atom is -0.478 e. The van der Waals surface area contributed by atoms with Gasteiger partial charge in [0.2, 0.25) is 5.91 Å². The third kappa shape index (κ3) is 7.07. The fourth-order valence-corrected chi connectivity index (χ4v) is 8.42. The molecule has 4 aliphatic rings. The number of benzene rings is 1. The van der Waals surface area contributed by atoms with Crippen LogP contribution in [0.25, 0.3) is 0 Å². The molecule has 3 aliphatic carbocycles. The maximum absolute atomic E-state index is 14.0. The number of aliphatic hydroxyl groups excluding tert-OH is 2. The van der Waals surface area contributed by atoms with Crippen LogP contribution in [0.1, 0.15) is 98.9 Å². The lowest BCUT2D eigenvalue weighted by Gasteiger charge is -2.62. The number of nitrogens with one attached hydrogen (secondary N) is 2. The van der Waals surface area contributed by atoms with Gasteiger partial charge >= 0.3 is 5.97 Å². The molecule has 1 aromatic carbocycles. The topological polar surface area (TPSA) is 158 Å². The van der Waals surface area contributed by atoms with Crippen LogP contribution in [0.5, 0.6) is 0 Å². The molecule has 1 aromatic rings. The number of aliphatic hydroxyl groups is 2. The number of carboxylic acids is 1. The third-order valence-electron chi connectivity index (χ3n) is 11.2. The van der Waals surface area contributed by atoms with Crippen LogP contribution in [0, 0.1) is 29.1 Å². The largest absolute Gasteiger partial charge is 0.478 e. The fraction of sp³-hybridized carbons (Fsp3) is 0.735. The summed E-state index contributed by atoms with van der Waals surface area (Å²) in [7, 11) is 3.09. The van der Waals surface area contributed by atoms with Gasteiger partial charge in [-0.25, -0.2) is 4.79 Å². The molecular weight excluding hydrogens is 578 g/mol. The summed E-state index contributed by atoms with van der Waals surface area (Å²) in [6, 6.07) is 3.89. The minimum atomic E-state index is -1.13. The lowest BCUT2D eigenvalue weighted by molar-refractivity contribution is -0.181. The van der Waals surface area contributed by atoms with E-state index in [0.717, 1.165) is 12.8 Å². The summed E-state index contributed by atoms with van der Waals surface area (Å²) in [6.07, 6.45) is 1.96. The number of carboxylic acid groups (broad SMARTS) is 1. The normalized spacial score (nSPS) is 31.0. The summed E-state index contributed by atoms with van der Waals surface area (Å²) in [5, 5.41) is 38.1. The summed E-state index contributed by atoms with van der Waals surface area (Å²) in [6.45, 7) is 10.4. The number of methoxy groups -OCH3 is 1. The maximum atomic E-state index is 14.0. The zero-order valence-electron chi connectivity index (χ0n) is 27.8. The highest BCUT2D eigenvalue weighted by molar-refractivity contribution is 5.97. The van der Waals surface area contributed by atoms with Crippen LogP contribution in [0.3, 0.4) is 0 Å². The number of ether oxygens (including phenoxy) is 1. The van der Waals surface area contributed by atoms with Gasteiger partial charge in [-0.05, 0) is 79.5 Å². The number of aromatic carboxylic acids is 1. The molecule has 0 aromatic heterocycles. The Balaban J connectivity index is 1.56. The average Bonchev–Trinajstić information content (AvgIpc) is 3.39. The number of hydrogen-bond donors (Lipinski definition) is 5. The predicted octanol–water partition coefficient (Wildman–Crippen LogP) is 3.19. The monoisotopic (exact) mass is 631 g/mol. The Morgan fingerprint density at radius 1 is 1.16 bits per heavy atom. The number of carbonyl (C=O) groups is 3. The van der Waals surface area contributed by atoms with Crippen molar-refractivity contribution in [3.05, 3.63) is 34.9 Å². The SMILES string of the molecule is CCCC(c1cc(C(=O)O)cc(C(=O)NC)c1)C(CCN1O[C@@H](CO)[C@@H]([C@H](C)O)[C@H]1C(=O)N[C@H]1C[C@H]2C[C@H]([C@@H]1C)C2(C)C)OC. The van der Waals surface area contributed by atoms with Gasteiger partial charge in [-0.3, -0.25) is 14.4 Å². The van der Waals surface area contributed by atoms with Crippen LogP contribution >= 0.6 is 0 Å². The van der Waals surface area contributed by atoms with Gasteiger partial charge in [-0.2, -0.15) is 5.06 Å². The van der Waals surface area contributed by atoms with E-state index in [1.807, 2.05) is 6.92 Å². The van der Waals surface area contributed by atoms with Crippen molar-refractivity contribution >= 4 is 17.8 Å². The van der Waals surface area contributed by atoms with Crippen LogP contribution in [-0.4, -0.2) is 95.9 Å². The Hall–Kier alpha value is -2.57. The zero-order valence-corrected chi connectivity index (χ0v) is 27.8. The van der Waals surface area contributed by atoms with E-state index in [4.69, 9.17) is 9.57 Å². The van der Waals surface area contributed by atoms with Crippen LogP contribution in [0.2, 0.25) is 0 Å². The molecule has 0 spiro atoms. The Kier molecular flexibility index (Phi) is 11.3. The molecule has 3 saturated carbocycles. The third-order valence-corrected chi connectivity index (χ3v) is 11.2. The van der Waals surface area contributed by atoms with Crippen LogP contribution in [0.15, 0.2) is 18.2 Å². The van der Waals surface area contributed by atoms with E-state index in [2.05, 4.69) is 31.4 Å². The predicted molar refractivity (Wildman–Crippen MR) is 169 cm³/mol. The first kappa shape index (κ1) is 35.3. The number of amides is 2. The van der Waals surface area contributed by atoms with Crippen molar-refractivity contribution in [1.29, 1.82) is 0 Å². The van der Waals surface area contributed by atoms with Gasteiger partial charge in [-0.1, -0.05) is 34.1 Å². The number of fused-ring (bicyclic) bond motifs is 2. The van der Waals surface area contributed by atoms with Crippen LogP contribution in [0.4, 0.5) is 0 Å². The molecule has 45 heavy (non-hydrogen) atoms. The second-order valence-corrected chi connectivity index (χ2v) is 14.0. The van der Waals surface area contributed by atoms with Crippen molar-refractivity contribution in [2.75, 3.05) is 27.3 Å². The molecule has 1 saturated heterocycles. The van der Waals surface area contributed by atoms with Gasteiger partial charge < -0.3 is 30.7 Å². The summed E-state index contributed by atoms with van der Waals surface area (Å²) < 4.78 is 5.97. The maximum Gasteiger partial charge on any atom is 0.335 e. The molecule has 5 N–H and O–H groups in total. The summed E-state index contributed by atoms with van der Waals surface area (Å²) in [4.78, 5) is 44.5. The van der Waals surface area contributed by atoms with E-state index in [1.165, 1.54) is 19.5 Å². The van der Waals surface area contributed by atoms with Crippen LogP contribution in [-0.2, 0) is 14.4 Å². The van der Waals surface area contributed by atoms with Gasteiger partial charge in [0, 0.05) is 44.1 Å². The van der Waals surface area contributed by atoms with Crippen LogP contribution < -0.4 is 10.6 Å². The van der Waals surface area contributed by atoms with E-state index in [0.29, 0.717) is 36.2 Å². The van der Waals surface area contributed by atoms with E-state index in [9.17, 15) is 29.7 Å². The Morgan fingerprint density at radius 2 is 1.84 bits per heavy atom. The quantitative estimate of drug-likeness (QED) is 0.208. The number of hydrogen-bond acceptors (Lipinski definition) is 8. The highest BCUT2D eigenvalue weighted by Crippen LogP contribution is 2.61. The van der Waals surface area contributed by atoms with Crippen molar-refractivity contribution < 1.29 is 39.3 Å². The Bertz CT molecular complexity index is 1220. The Labute approximate surface area is 267 Å². The minimum absolute atomic E-state index is 0.0187. The lowest BCUT2D eigenvalue weighted by Crippen LogP contribution is -2.62. The van der Waals surface area contributed by atoms with Crippen molar-refractivity contribution in [2.45, 2.75) is 103 Å². The first-order valence-corrected chi connectivity index (χ1v) is 16.4. The molecule has 1 heterocycles. The van der Waals surface area contributed by atoms with Gasteiger partial charge in [0.25, 0.3) is 5.91 Å².